The van der Waals surface area contributed by atoms with E-state index in [1.165, 1.54) is 19.3 Å². The van der Waals surface area contributed by atoms with E-state index in [0.29, 0.717) is 12.0 Å². The molecule has 0 aromatic heterocycles. The first kappa shape index (κ1) is 17.0. The number of ether oxygens (including phenoxy) is 1. The Morgan fingerprint density at radius 2 is 1.68 bits per heavy atom. The van der Waals surface area contributed by atoms with Gasteiger partial charge in [-0.1, -0.05) is 33.6 Å². The standard InChI is InChI=1S/C17H35NO/c1-8-11-18-15(13(9-2)10-3)14-12-16(4,5)19-17(14,6)7/h13-15,18H,8-12H2,1-7H3. The van der Waals surface area contributed by atoms with Crippen molar-refractivity contribution in [3.8, 4) is 0 Å². The van der Waals surface area contributed by atoms with Crippen LogP contribution in [-0.2, 0) is 4.74 Å². The summed E-state index contributed by atoms with van der Waals surface area (Å²) in [4.78, 5) is 0. The van der Waals surface area contributed by atoms with Gasteiger partial charge in [0.05, 0.1) is 11.2 Å². The Bertz CT molecular complexity index is 268. The van der Waals surface area contributed by atoms with E-state index in [-0.39, 0.29) is 11.2 Å². The topological polar surface area (TPSA) is 21.3 Å². The highest BCUT2D eigenvalue weighted by Crippen LogP contribution is 2.45. The number of hydrogen-bond acceptors (Lipinski definition) is 2. The molecule has 0 aromatic carbocycles. The molecule has 1 aliphatic rings. The Balaban J connectivity index is 2.90. The lowest BCUT2D eigenvalue weighted by atomic mass is 9.75. The first-order valence-electron chi connectivity index (χ1n) is 8.21. The van der Waals surface area contributed by atoms with Gasteiger partial charge in [0.1, 0.15) is 0 Å². The fourth-order valence-electron chi connectivity index (χ4n) is 3.91. The molecule has 0 amide bonds. The van der Waals surface area contributed by atoms with Gasteiger partial charge < -0.3 is 10.1 Å². The highest BCUT2D eigenvalue weighted by atomic mass is 16.5. The van der Waals surface area contributed by atoms with Gasteiger partial charge >= 0.3 is 0 Å². The third-order valence-corrected chi connectivity index (χ3v) is 4.76. The molecule has 0 bridgehead atoms. The lowest BCUT2D eigenvalue weighted by Gasteiger charge is -2.38. The summed E-state index contributed by atoms with van der Waals surface area (Å²) in [5.41, 5.74) is 0.00381. The van der Waals surface area contributed by atoms with Crippen molar-refractivity contribution >= 4 is 0 Å². The summed E-state index contributed by atoms with van der Waals surface area (Å²) < 4.78 is 6.31. The summed E-state index contributed by atoms with van der Waals surface area (Å²) in [6.07, 6.45) is 4.88. The molecule has 0 aliphatic carbocycles. The predicted octanol–water partition coefficient (Wildman–Crippen LogP) is 4.38. The quantitative estimate of drug-likeness (QED) is 0.740. The van der Waals surface area contributed by atoms with Crippen molar-refractivity contribution in [3.05, 3.63) is 0 Å². The lowest BCUT2D eigenvalue weighted by molar-refractivity contribution is -0.0797. The minimum Gasteiger partial charge on any atom is -0.369 e. The number of nitrogens with one attached hydrogen (secondary N) is 1. The van der Waals surface area contributed by atoms with Crippen molar-refractivity contribution in [2.75, 3.05) is 6.54 Å². The van der Waals surface area contributed by atoms with E-state index in [1.807, 2.05) is 0 Å². The maximum Gasteiger partial charge on any atom is 0.0677 e. The minimum absolute atomic E-state index is 0.0164. The van der Waals surface area contributed by atoms with Gasteiger partial charge in [0.2, 0.25) is 0 Å². The minimum atomic E-state index is -0.0164. The van der Waals surface area contributed by atoms with E-state index in [0.717, 1.165) is 18.9 Å². The van der Waals surface area contributed by atoms with Gasteiger partial charge in [0, 0.05) is 12.0 Å². The molecule has 2 nitrogen and oxygen atoms in total. The Morgan fingerprint density at radius 3 is 2.05 bits per heavy atom. The van der Waals surface area contributed by atoms with Crippen molar-refractivity contribution in [1.82, 2.24) is 5.32 Å². The average Bonchev–Trinajstić information content (AvgIpc) is 2.52. The Hall–Kier alpha value is -0.0800. The Labute approximate surface area is 120 Å². The molecule has 0 radical (unpaired) electrons. The molecule has 0 saturated carbocycles. The first-order valence-corrected chi connectivity index (χ1v) is 8.21. The fraction of sp³-hybridized carbons (Fsp3) is 1.00. The summed E-state index contributed by atoms with van der Waals surface area (Å²) in [5.74, 6) is 1.37. The van der Waals surface area contributed by atoms with E-state index >= 15 is 0 Å². The van der Waals surface area contributed by atoms with Gasteiger partial charge in [0.15, 0.2) is 0 Å². The molecule has 2 heteroatoms. The molecule has 0 aromatic rings. The second-order valence-electron chi connectivity index (χ2n) is 7.33. The van der Waals surface area contributed by atoms with Crippen LogP contribution in [0.25, 0.3) is 0 Å². The van der Waals surface area contributed by atoms with Crippen molar-refractivity contribution < 1.29 is 4.74 Å². The lowest BCUT2D eigenvalue weighted by Crippen LogP contribution is -2.48. The van der Waals surface area contributed by atoms with Gasteiger partial charge in [-0.2, -0.15) is 0 Å². The zero-order chi connectivity index (χ0) is 14.7. The molecule has 1 fully saturated rings. The zero-order valence-electron chi connectivity index (χ0n) is 14.2. The predicted molar refractivity (Wildman–Crippen MR) is 83.5 cm³/mol. The van der Waals surface area contributed by atoms with Crippen LogP contribution in [0.2, 0.25) is 0 Å². The molecule has 0 spiro atoms. The van der Waals surface area contributed by atoms with Crippen LogP contribution in [0.4, 0.5) is 0 Å². The maximum atomic E-state index is 6.31. The van der Waals surface area contributed by atoms with Gasteiger partial charge in [-0.3, -0.25) is 0 Å². The van der Waals surface area contributed by atoms with Crippen LogP contribution in [0, 0.1) is 11.8 Å². The second kappa shape index (κ2) is 6.58. The maximum absolute atomic E-state index is 6.31. The number of hydrogen-bond donors (Lipinski definition) is 1. The van der Waals surface area contributed by atoms with E-state index in [2.05, 4.69) is 53.8 Å². The summed E-state index contributed by atoms with van der Waals surface area (Å²) in [5, 5.41) is 3.83. The molecular formula is C17H35NO. The van der Waals surface area contributed by atoms with Gasteiger partial charge in [-0.05, 0) is 53.0 Å². The zero-order valence-corrected chi connectivity index (χ0v) is 14.2. The summed E-state index contributed by atoms with van der Waals surface area (Å²) in [7, 11) is 0. The van der Waals surface area contributed by atoms with E-state index in [1.54, 1.807) is 0 Å². The smallest absolute Gasteiger partial charge is 0.0677 e. The molecule has 2 atom stereocenters. The number of rotatable bonds is 7. The normalized spacial score (nSPS) is 26.8. The van der Waals surface area contributed by atoms with Crippen molar-refractivity contribution in [3.63, 3.8) is 0 Å². The van der Waals surface area contributed by atoms with Crippen LogP contribution in [0.5, 0.6) is 0 Å². The van der Waals surface area contributed by atoms with Crippen LogP contribution < -0.4 is 5.32 Å². The van der Waals surface area contributed by atoms with Crippen LogP contribution in [-0.4, -0.2) is 23.8 Å². The van der Waals surface area contributed by atoms with Crippen LogP contribution in [0.1, 0.15) is 74.1 Å². The van der Waals surface area contributed by atoms with E-state index < -0.39 is 0 Å². The van der Waals surface area contributed by atoms with Crippen molar-refractivity contribution in [1.29, 1.82) is 0 Å². The summed E-state index contributed by atoms with van der Waals surface area (Å²) >= 11 is 0. The molecular weight excluding hydrogens is 234 g/mol. The third kappa shape index (κ3) is 4.19. The summed E-state index contributed by atoms with van der Waals surface area (Å²) in [6.45, 7) is 17.0. The Morgan fingerprint density at radius 1 is 1.11 bits per heavy atom. The molecule has 1 rings (SSSR count). The molecule has 19 heavy (non-hydrogen) atoms. The van der Waals surface area contributed by atoms with E-state index in [4.69, 9.17) is 4.74 Å². The average molecular weight is 269 g/mol. The first-order chi connectivity index (χ1) is 8.77. The largest absolute Gasteiger partial charge is 0.369 e. The van der Waals surface area contributed by atoms with Crippen molar-refractivity contribution in [2.24, 2.45) is 11.8 Å². The van der Waals surface area contributed by atoms with Gasteiger partial charge in [-0.25, -0.2) is 0 Å². The molecule has 114 valence electrons. The third-order valence-electron chi connectivity index (χ3n) is 4.76. The second-order valence-corrected chi connectivity index (χ2v) is 7.33. The van der Waals surface area contributed by atoms with E-state index in [9.17, 15) is 0 Å². The molecule has 1 heterocycles. The summed E-state index contributed by atoms with van der Waals surface area (Å²) in [6, 6.07) is 0.590. The molecule has 1 N–H and O–H groups in total. The van der Waals surface area contributed by atoms with Crippen LogP contribution in [0.15, 0.2) is 0 Å². The SMILES string of the molecule is CCCNC(C(CC)CC)C1CC(C)(C)OC1(C)C. The molecule has 2 unspecified atom stereocenters. The molecule has 1 aliphatic heterocycles. The van der Waals surface area contributed by atoms with Crippen LogP contribution in [0.3, 0.4) is 0 Å². The van der Waals surface area contributed by atoms with Crippen molar-refractivity contribution in [2.45, 2.75) is 91.4 Å². The van der Waals surface area contributed by atoms with Gasteiger partial charge in [0.25, 0.3) is 0 Å². The highest BCUT2D eigenvalue weighted by molar-refractivity contribution is 5.01. The van der Waals surface area contributed by atoms with Crippen LogP contribution >= 0.6 is 0 Å². The fourth-order valence-corrected chi connectivity index (χ4v) is 3.91. The highest BCUT2D eigenvalue weighted by Gasteiger charge is 2.49. The monoisotopic (exact) mass is 269 g/mol. The van der Waals surface area contributed by atoms with Gasteiger partial charge in [-0.15, -0.1) is 0 Å². The Kier molecular flexibility index (Phi) is 5.88. The molecule has 1 saturated heterocycles.